The summed E-state index contributed by atoms with van der Waals surface area (Å²) in [6.45, 7) is 3.36. The third kappa shape index (κ3) is 9.14. The van der Waals surface area contributed by atoms with E-state index in [1.54, 1.807) is 0 Å². The third-order valence-electron chi connectivity index (χ3n) is 0.940. The van der Waals surface area contributed by atoms with E-state index in [2.05, 4.69) is 19.1 Å². The zero-order valence-corrected chi connectivity index (χ0v) is 6.86. The molecule has 0 radical (unpaired) electrons. The highest BCUT2D eigenvalue weighted by atomic mass is 16.5. The smallest absolute Gasteiger partial charge is 0.148 e. The average molecular weight is 154 g/mol. The van der Waals surface area contributed by atoms with Crippen molar-refractivity contribution in [1.82, 2.24) is 0 Å². The van der Waals surface area contributed by atoms with Gasteiger partial charge in [0.2, 0.25) is 0 Å². The van der Waals surface area contributed by atoms with Gasteiger partial charge in [-0.1, -0.05) is 35.9 Å². The zero-order valence-electron chi connectivity index (χ0n) is 6.86. The fraction of sp³-hybridized carbons (Fsp3) is 0.333. The van der Waals surface area contributed by atoms with Crippen LogP contribution in [0.1, 0.15) is 12.5 Å². The summed E-state index contributed by atoms with van der Waals surface area (Å²) < 4.78 is 0. The van der Waals surface area contributed by atoms with Crippen LogP contribution >= 0.6 is 0 Å². The van der Waals surface area contributed by atoms with Crippen LogP contribution in [0.4, 0.5) is 0 Å². The Morgan fingerprint density at radius 2 is 1.45 bits per heavy atom. The number of aliphatic hydroxyl groups excluding tert-OH is 1. The van der Waals surface area contributed by atoms with Crippen LogP contribution in [0.15, 0.2) is 30.3 Å². The van der Waals surface area contributed by atoms with E-state index < -0.39 is 6.29 Å². The molecule has 0 amide bonds. The number of aryl methyl sites for hydroxylation is 1. The molecule has 0 saturated heterocycles. The highest BCUT2D eigenvalue weighted by molar-refractivity contribution is 5.11. The number of hydrogen-bond donors (Lipinski definition) is 2. The summed E-state index contributed by atoms with van der Waals surface area (Å²) in [5, 5.41) is 15.2. The largest absolute Gasteiger partial charge is 0.368 e. The fourth-order valence-electron chi connectivity index (χ4n) is 0.534. The molecule has 0 unspecified atom stereocenters. The predicted molar refractivity (Wildman–Crippen MR) is 45.1 cm³/mol. The highest BCUT2D eigenvalue weighted by Gasteiger charge is 1.72. The van der Waals surface area contributed by atoms with Gasteiger partial charge in [0.05, 0.1) is 0 Å². The van der Waals surface area contributed by atoms with Gasteiger partial charge in [0.15, 0.2) is 0 Å². The van der Waals surface area contributed by atoms with Crippen molar-refractivity contribution in [1.29, 1.82) is 0 Å². The molecule has 0 fully saturated rings. The lowest BCUT2D eigenvalue weighted by Crippen LogP contribution is -1.92. The molecule has 0 aliphatic rings. The van der Waals surface area contributed by atoms with Crippen molar-refractivity contribution in [3.05, 3.63) is 35.9 Å². The van der Waals surface area contributed by atoms with Crippen LogP contribution in [0.3, 0.4) is 0 Å². The molecule has 0 heterocycles. The topological polar surface area (TPSA) is 40.5 Å². The van der Waals surface area contributed by atoms with Crippen LogP contribution in [-0.2, 0) is 0 Å². The van der Waals surface area contributed by atoms with Crippen molar-refractivity contribution in [2.45, 2.75) is 20.1 Å². The summed E-state index contributed by atoms with van der Waals surface area (Å²) >= 11 is 0. The number of benzene rings is 1. The van der Waals surface area contributed by atoms with Gasteiger partial charge < -0.3 is 10.2 Å². The van der Waals surface area contributed by atoms with Gasteiger partial charge in [-0.05, 0) is 13.8 Å². The molecule has 0 aliphatic carbocycles. The molecule has 0 aliphatic heterocycles. The SMILES string of the molecule is CC(O)O.Cc1ccccc1. The zero-order chi connectivity index (χ0) is 8.69. The second-order valence-electron chi connectivity index (χ2n) is 2.29. The molecule has 11 heavy (non-hydrogen) atoms. The first-order valence-corrected chi connectivity index (χ1v) is 3.50. The van der Waals surface area contributed by atoms with Gasteiger partial charge in [0, 0.05) is 0 Å². The first kappa shape index (κ1) is 10.1. The Morgan fingerprint density at radius 3 is 1.64 bits per heavy atom. The molecule has 0 bridgehead atoms. The summed E-state index contributed by atoms with van der Waals surface area (Å²) in [6.07, 6.45) is -1.17. The second-order valence-corrected chi connectivity index (χ2v) is 2.29. The first-order valence-electron chi connectivity index (χ1n) is 3.50. The van der Waals surface area contributed by atoms with Gasteiger partial charge in [0.1, 0.15) is 6.29 Å². The van der Waals surface area contributed by atoms with Crippen molar-refractivity contribution in [2.24, 2.45) is 0 Å². The molecule has 0 aromatic heterocycles. The summed E-state index contributed by atoms with van der Waals surface area (Å²) in [5.74, 6) is 0. The van der Waals surface area contributed by atoms with Crippen molar-refractivity contribution in [2.75, 3.05) is 0 Å². The van der Waals surface area contributed by atoms with E-state index in [-0.39, 0.29) is 0 Å². The molecule has 0 atom stereocenters. The molecule has 1 aromatic rings. The van der Waals surface area contributed by atoms with E-state index in [0.29, 0.717) is 0 Å². The quantitative estimate of drug-likeness (QED) is 0.553. The summed E-state index contributed by atoms with van der Waals surface area (Å²) in [7, 11) is 0. The minimum absolute atomic E-state index is 1.17. The van der Waals surface area contributed by atoms with Crippen molar-refractivity contribution in [3.8, 4) is 0 Å². The number of hydrogen-bond acceptors (Lipinski definition) is 2. The first-order chi connectivity index (χ1) is 5.13. The lowest BCUT2D eigenvalue weighted by atomic mass is 10.2. The predicted octanol–water partition coefficient (Wildman–Crippen LogP) is 1.31. The average Bonchev–Trinajstić information content (AvgIpc) is 1.87. The molecule has 0 spiro atoms. The molecule has 2 N–H and O–H groups in total. The van der Waals surface area contributed by atoms with Gasteiger partial charge in [0.25, 0.3) is 0 Å². The molecular weight excluding hydrogens is 140 g/mol. The van der Waals surface area contributed by atoms with E-state index >= 15 is 0 Å². The van der Waals surface area contributed by atoms with Crippen molar-refractivity contribution >= 4 is 0 Å². The minimum atomic E-state index is -1.17. The van der Waals surface area contributed by atoms with E-state index in [1.165, 1.54) is 12.5 Å². The van der Waals surface area contributed by atoms with E-state index in [9.17, 15) is 0 Å². The van der Waals surface area contributed by atoms with Gasteiger partial charge in [-0.2, -0.15) is 0 Å². The number of aliphatic hydroxyl groups is 2. The van der Waals surface area contributed by atoms with Crippen LogP contribution in [0.25, 0.3) is 0 Å². The van der Waals surface area contributed by atoms with Crippen LogP contribution in [-0.4, -0.2) is 16.5 Å². The maximum atomic E-state index is 7.61. The van der Waals surface area contributed by atoms with E-state index in [0.717, 1.165) is 0 Å². The normalized spacial score (nSPS) is 8.82. The fourth-order valence-corrected chi connectivity index (χ4v) is 0.534. The van der Waals surface area contributed by atoms with Crippen LogP contribution in [0.5, 0.6) is 0 Å². The second kappa shape index (κ2) is 5.89. The molecular formula is C9H14O2. The molecule has 1 rings (SSSR count). The monoisotopic (exact) mass is 154 g/mol. The highest BCUT2D eigenvalue weighted by Crippen LogP contribution is 1.92. The van der Waals surface area contributed by atoms with E-state index in [4.69, 9.17) is 10.2 Å². The van der Waals surface area contributed by atoms with E-state index in [1.807, 2.05) is 18.2 Å². The maximum absolute atomic E-state index is 7.61. The Kier molecular flexibility index (Phi) is 5.43. The Bertz CT molecular complexity index is 167. The lowest BCUT2D eigenvalue weighted by molar-refractivity contribution is -0.0228. The van der Waals surface area contributed by atoms with Crippen LogP contribution < -0.4 is 0 Å². The standard InChI is InChI=1S/C7H8.C2H6O2/c1-7-5-3-2-4-6-7;1-2(3)4/h2-6H,1H3;2-4H,1H3. The Labute approximate surface area is 67.1 Å². The molecule has 2 nitrogen and oxygen atoms in total. The van der Waals surface area contributed by atoms with Crippen LogP contribution in [0, 0.1) is 6.92 Å². The van der Waals surface area contributed by atoms with Gasteiger partial charge in [-0.25, -0.2) is 0 Å². The van der Waals surface area contributed by atoms with Gasteiger partial charge in [-0.3, -0.25) is 0 Å². The van der Waals surface area contributed by atoms with Gasteiger partial charge in [-0.15, -0.1) is 0 Å². The third-order valence-corrected chi connectivity index (χ3v) is 0.940. The Morgan fingerprint density at radius 1 is 1.09 bits per heavy atom. The Balaban J connectivity index is 0.000000218. The van der Waals surface area contributed by atoms with Crippen molar-refractivity contribution in [3.63, 3.8) is 0 Å². The van der Waals surface area contributed by atoms with Crippen LogP contribution in [0.2, 0.25) is 0 Å². The van der Waals surface area contributed by atoms with Gasteiger partial charge >= 0.3 is 0 Å². The summed E-state index contributed by atoms with van der Waals surface area (Å²) in [5.41, 5.74) is 1.32. The molecule has 1 aromatic carbocycles. The van der Waals surface area contributed by atoms with Crippen molar-refractivity contribution < 1.29 is 10.2 Å². The Hall–Kier alpha value is -0.860. The summed E-state index contributed by atoms with van der Waals surface area (Å²) in [6, 6.07) is 10.3. The molecule has 62 valence electrons. The summed E-state index contributed by atoms with van der Waals surface area (Å²) in [4.78, 5) is 0. The molecule has 2 heteroatoms. The lowest BCUT2D eigenvalue weighted by Gasteiger charge is -1.82. The maximum Gasteiger partial charge on any atom is 0.148 e. The number of rotatable bonds is 0. The minimum Gasteiger partial charge on any atom is -0.368 e. The molecule has 0 saturated carbocycles.